The van der Waals surface area contributed by atoms with Crippen molar-refractivity contribution in [2.45, 2.75) is 52.0 Å². The van der Waals surface area contributed by atoms with Gasteiger partial charge in [-0.3, -0.25) is 0 Å². The van der Waals surface area contributed by atoms with Crippen LogP contribution in [0.2, 0.25) is 0 Å². The summed E-state index contributed by atoms with van der Waals surface area (Å²) in [5.41, 5.74) is 0.927. The zero-order valence-corrected chi connectivity index (χ0v) is 13.4. The summed E-state index contributed by atoms with van der Waals surface area (Å²) in [4.78, 5) is 9.37. The van der Waals surface area contributed by atoms with E-state index in [-0.39, 0.29) is 11.0 Å². The number of hydrogen-bond acceptors (Lipinski definition) is 5. The second-order valence-corrected chi connectivity index (χ2v) is 6.86. The first-order chi connectivity index (χ1) is 9.25. The summed E-state index contributed by atoms with van der Waals surface area (Å²) in [6.45, 7) is 12.1. The highest BCUT2D eigenvalue weighted by atomic mass is 16.5. The Bertz CT molecular complexity index is 487. The van der Waals surface area contributed by atoms with Gasteiger partial charge in [-0.15, -0.1) is 0 Å². The first-order valence-electron chi connectivity index (χ1n) is 7.18. The Balaban J connectivity index is 2.40. The highest BCUT2D eigenvalue weighted by Crippen LogP contribution is 2.30. The van der Waals surface area contributed by atoms with Gasteiger partial charge in [-0.25, -0.2) is 9.97 Å². The standard InChI is InChI=1S/C15H26N4O/c1-10-11(16-6)17-13(14(2,3)4)18-12(10)19-15(5)7-8-20-9-15/h7-9H2,1-6H3,(H2,16,17,18,19). The molecule has 5 nitrogen and oxygen atoms in total. The molecule has 2 N–H and O–H groups in total. The summed E-state index contributed by atoms with van der Waals surface area (Å²) in [6.07, 6.45) is 0.996. The number of anilines is 2. The van der Waals surface area contributed by atoms with Crippen molar-refractivity contribution in [1.82, 2.24) is 9.97 Å². The lowest BCUT2D eigenvalue weighted by Gasteiger charge is -2.27. The van der Waals surface area contributed by atoms with Gasteiger partial charge in [0.05, 0.1) is 12.1 Å². The van der Waals surface area contributed by atoms with Crippen LogP contribution in [-0.2, 0) is 10.2 Å². The molecule has 20 heavy (non-hydrogen) atoms. The first-order valence-corrected chi connectivity index (χ1v) is 7.18. The normalized spacial score (nSPS) is 22.9. The van der Waals surface area contributed by atoms with E-state index < -0.39 is 0 Å². The summed E-state index contributed by atoms with van der Waals surface area (Å²) in [5, 5.41) is 6.72. The van der Waals surface area contributed by atoms with Gasteiger partial charge in [0, 0.05) is 24.6 Å². The van der Waals surface area contributed by atoms with Crippen molar-refractivity contribution in [2.24, 2.45) is 0 Å². The van der Waals surface area contributed by atoms with Gasteiger partial charge in [-0.1, -0.05) is 20.8 Å². The molecule has 0 aliphatic carbocycles. The van der Waals surface area contributed by atoms with Crippen LogP contribution in [0.5, 0.6) is 0 Å². The maximum Gasteiger partial charge on any atom is 0.138 e. The lowest BCUT2D eigenvalue weighted by atomic mass is 9.95. The van der Waals surface area contributed by atoms with Gasteiger partial charge in [-0.05, 0) is 20.3 Å². The third-order valence-corrected chi connectivity index (χ3v) is 3.69. The smallest absolute Gasteiger partial charge is 0.138 e. The summed E-state index contributed by atoms with van der Waals surface area (Å²) in [5.74, 6) is 2.63. The molecular weight excluding hydrogens is 252 g/mol. The molecule has 0 spiro atoms. The van der Waals surface area contributed by atoms with Gasteiger partial charge in [-0.2, -0.15) is 0 Å². The summed E-state index contributed by atoms with van der Waals surface area (Å²) in [7, 11) is 1.89. The Kier molecular flexibility index (Phi) is 3.91. The fraction of sp³-hybridized carbons (Fsp3) is 0.733. The molecule has 1 fully saturated rings. The van der Waals surface area contributed by atoms with Gasteiger partial charge in [0.1, 0.15) is 17.5 Å². The molecule has 1 saturated heterocycles. The average Bonchev–Trinajstić information content (AvgIpc) is 2.77. The molecule has 0 radical (unpaired) electrons. The van der Waals surface area contributed by atoms with Gasteiger partial charge in [0.25, 0.3) is 0 Å². The molecule has 1 unspecified atom stereocenters. The van der Waals surface area contributed by atoms with Crippen LogP contribution in [-0.4, -0.2) is 35.8 Å². The zero-order chi connectivity index (χ0) is 15.0. The molecule has 0 aromatic carbocycles. The van der Waals surface area contributed by atoms with Crippen molar-refractivity contribution in [2.75, 3.05) is 30.9 Å². The Morgan fingerprint density at radius 1 is 1.20 bits per heavy atom. The first kappa shape index (κ1) is 15.0. The van der Waals surface area contributed by atoms with Crippen LogP contribution in [0.1, 0.15) is 45.5 Å². The maximum atomic E-state index is 5.50. The molecule has 2 heterocycles. The topological polar surface area (TPSA) is 59.1 Å². The van der Waals surface area contributed by atoms with Gasteiger partial charge in [0.2, 0.25) is 0 Å². The quantitative estimate of drug-likeness (QED) is 0.890. The Morgan fingerprint density at radius 3 is 2.35 bits per heavy atom. The number of rotatable bonds is 3. The molecule has 1 aromatic rings. The summed E-state index contributed by atoms with van der Waals surface area (Å²) < 4.78 is 5.50. The van der Waals surface area contributed by atoms with E-state index in [1.165, 1.54) is 0 Å². The maximum absolute atomic E-state index is 5.50. The van der Waals surface area contributed by atoms with Crippen LogP contribution in [0.4, 0.5) is 11.6 Å². The predicted molar refractivity (Wildman–Crippen MR) is 82.5 cm³/mol. The van der Waals surface area contributed by atoms with E-state index in [1.807, 2.05) is 14.0 Å². The fourth-order valence-corrected chi connectivity index (χ4v) is 2.27. The van der Waals surface area contributed by atoms with Crippen LogP contribution >= 0.6 is 0 Å². The van der Waals surface area contributed by atoms with E-state index >= 15 is 0 Å². The molecule has 1 aliphatic rings. The van der Waals surface area contributed by atoms with Crippen LogP contribution < -0.4 is 10.6 Å². The fourth-order valence-electron chi connectivity index (χ4n) is 2.27. The molecule has 2 rings (SSSR count). The molecule has 1 aromatic heterocycles. The summed E-state index contributed by atoms with van der Waals surface area (Å²) >= 11 is 0. The molecule has 0 saturated carbocycles. The number of nitrogens with one attached hydrogen (secondary N) is 2. The van der Waals surface area contributed by atoms with Crippen molar-refractivity contribution >= 4 is 11.6 Å². The van der Waals surface area contributed by atoms with Crippen molar-refractivity contribution in [1.29, 1.82) is 0 Å². The highest BCUT2D eigenvalue weighted by Gasteiger charge is 2.31. The number of nitrogens with zero attached hydrogens (tertiary/aromatic N) is 2. The van der Waals surface area contributed by atoms with E-state index in [1.54, 1.807) is 0 Å². The summed E-state index contributed by atoms with van der Waals surface area (Å²) in [6, 6.07) is 0. The monoisotopic (exact) mass is 278 g/mol. The Morgan fingerprint density at radius 2 is 1.85 bits per heavy atom. The Hall–Kier alpha value is -1.36. The SMILES string of the molecule is CNc1nc(C(C)(C)C)nc(NC2(C)CCOC2)c1C. The molecule has 0 bridgehead atoms. The van der Waals surface area contributed by atoms with Gasteiger partial charge >= 0.3 is 0 Å². The zero-order valence-electron chi connectivity index (χ0n) is 13.4. The van der Waals surface area contributed by atoms with Gasteiger partial charge in [0.15, 0.2) is 0 Å². The second kappa shape index (κ2) is 5.20. The van der Waals surface area contributed by atoms with E-state index in [0.717, 1.165) is 42.7 Å². The van der Waals surface area contributed by atoms with E-state index in [4.69, 9.17) is 9.72 Å². The molecule has 1 atom stereocenters. The number of hydrogen-bond donors (Lipinski definition) is 2. The molecule has 112 valence electrons. The van der Waals surface area contributed by atoms with E-state index in [9.17, 15) is 0 Å². The second-order valence-electron chi connectivity index (χ2n) is 6.86. The molecular formula is C15H26N4O. The lowest BCUT2D eigenvalue weighted by Crippen LogP contribution is -2.36. The number of aromatic nitrogens is 2. The van der Waals surface area contributed by atoms with Crippen LogP contribution in [0, 0.1) is 6.92 Å². The average molecular weight is 278 g/mol. The largest absolute Gasteiger partial charge is 0.379 e. The predicted octanol–water partition coefficient (Wildman–Crippen LogP) is 2.72. The number of ether oxygens (including phenoxy) is 1. The lowest BCUT2D eigenvalue weighted by molar-refractivity contribution is 0.185. The van der Waals surface area contributed by atoms with Crippen molar-refractivity contribution in [3.63, 3.8) is 0 Å². The highest BCUT2D eigenvalue weighted by molar-refractivity contribution is 5.58. The van der Waals surface area contributed by atoms with E-state index in [0.29, 0.717) is 0 Å². The minimum atomic E-state index is -0.0805. The van der Waals surface area contributed by atoms with Crippen molar-refractivity contribution in [3.8, 4) is 0 Å². The molecule has 0 amide bonds. The van der Waals surface area contributed by atoms with Crippen LogP contribution in [0.3, 0.4) is 0 Å². The van der Waals surface area contributed by atoms with Crippen LogP contribution in [0.15, 0.2) is 0 Å². The van der Waals surface area contributed by atoms with E-state index in [2.05, 4.69) is 43.3 Å². The molecule has 5 heteroatoms. The Labute approximate surface area is 121 Å². The van der Waals surface area contributed by atoms with Crippen LogP contribution in [0.25, 0.3) is 0 Å². The third kappa shape index (κ3) is 3.03. The van der Waals surface area contributed by atoms with Gasteiger partial charge < -0.3 is 15.4 Å². The van der Waals surface area contributed by atoms with Crippen molar-refractivity contribution < 1.29 is 4.74 Å². The van der Waals surface area contributed by atoms with Crippen molar-refractivity contribution in [3.05, 3.63) is 11.4 Å². The minimum Gasteiger partial charge on any atom is -0.379 e. The third-order valence-electron chi connectivity index (χ3n) is 3.69. The molecule has 1 aliphatic heterocycles. The minimum absolute atomic E-state index is 0.0424.